The molecule has 0 amide bonds. The highest BCUT2D eigenvalue weighted by Gasteiger charge is 2.19. The van der Waals surface area contributed by atoms with Gasteiger partial charge < -0.3 is 5.32 Å². The van der Waals surface area contributed by atoms with Crippen molar-refractivity contribution in [3.05, 3.63) is 34.6 Å². The van der Waals surface area contributed by atoms with Gasteiger partial charge in [0.2, 0.25) is 0 Å². The van der Waals surface area contributed by atoms with E-state index in [-0.39, 0.29) is 11.9 Å². The molecule has 1 nitrogen and oxygen atoms in total. The molecule has 3 heteroatoms. The summed E-state index contributed by atoms with van der Waals surface area (Å²) >= 11 is 5.97. The largest absolute Gasteiger partial charge is 0.313 e. The van der Waals surface area contributed by atoms with Crippen molar-refractivity contribution in [2.75, 3.05) is 7.05 Å². The molecule has 0 spiro atoms. The molecule has 1 unspecified atom stereocenters. The maximum Gasteiger partial charge on any atom is 0.129 e. The van der Waals surface area contributed by atoms with Crippen molar-refractivity contribution >= 4 is 11.6 Å². The number of hydrogen-bond acceptors (Lipinski definition) is 1. The minimum Gasteiger partial charge on any atom is -0.313 e. The molecule has 78 valence electrons. The minimum atomic E-state index is -0.245. The second-order valence-corrected chi connectivity index (χ2v) is 4.05. The molecule has 1 N–H and O–H groups in total. The van der Waals surface area contributed by atoms with Gasteiger partial charge in [-0.3, -0.25) is 0 Å². The fourth-order valence-corrected chi connectivity index (χ4v) is 1.90. The van der Waals surface area contributed by atoms with Crippen molar-refractivity contribution in [2.45, 2.75) is 19.9 Å². The lowest BCUT2D eigenvalue weighted by molar-refractivity contribution is 0.424. The van der Waals surface area contributed by atoms with E-state index in [0.717, 1.165) is 0 Å². The first kappa shape index (κ1) is 11.5. The van der Waals surface area contributed by atoms with Crippen LogP contribution in [0.25, 0.3) is 0 Å². The van der Waals surface area contributed by atoms with Crippen molar-refractivity contribution in [1.82, 2.24) is 5.32 Å². The maximum atomic E-state index is 13.5. The molecule has 1 atom stereocenters. The average Bonchev–Trinajstić information content (AvgIpc) is 2.10. The third-order valence-electron chi connectivity index (χ3n) is 2.29. The van der Waals surface area contributed by atoms with Crippen LogP contribution >= 0.6 is 11.6 Å². The summed E-state index contributed by atoms with van der Waals surface area (Å²) in [6.07, 6.45) is 0. The first-order chi connectivity index (χ1) is 6.57. The summed E-state index contributed by atoms with van der Waals surface area (Å²) in [6, 6.07) is 4.73. The van der Waals surface area contributed by atoms with Crippen LogP contribution in [0.3, 0.4) is 0 Å². The number of hydrogen-bond donors (Lipinski definition) is 1. The van der Waals surface area contributed by atoms with Crippen molar-refractivity contribution in [3.8, 4) is 0 Å². The molecule has 0 fully saturated rings. The van der Waals surface area contributed by atoms with E-state index in [9.17, 15) is 4.39 Å². The van der Waals surface area contributed by atoms with Gasteiger partial charge in [0.15, 0.2) is 0 Å². The first-order valence-electron chi connectivity index (χ1n) is 4.69. The van der Waals surface area contributed by atoms with Crippen LogP contribution in [0.2, 0.25) is 5.02 Å². The standard InChI is InChI=1S/C11H15ClFN/c1-7(2)11(14-3)10-8(12)5-4-6-9(10)13/h4-7,11,14H,1-3H3. The number of rotatable bonds is 3. The highest BCUT2D eigenvalue weighted by atomic mass is 35.5. The van der Waals surface area contributed by atoms with Gasteiger partial charge in [-0.25, -0.2) is 4.39 Å². The number of halogens is 2. The molecule has 0 aliphatic rings. The van der Waals surface area contributed by atoms with Crippen molar-refractivity contribution in [3.63, 3.8) is 0 Å². The van der Waals surface area contributed by atoms with Crippen LogP contribution in [0.4, 0.5) is 4.39 Å². The Hall–Kier alpha value is -0.600. The Morgan fingerprint density at radius 2 is 2.00 bits per heavy atom. The van der Waals surface area contributed by atoms with E-state index in [2.05, 4.69) is 5.32 Å². The molecular formula is C11H15ClFN. The molecular weight excluding hydrogens is 201 g/mol. The topological polar surface area (TPSA) is 12.0 Å². The fraction of sp³-hybridized carbons (Fsp3) is 0.455. The van der Waals surface area contributed by atoms with E-state index in [0.29, 0.717) is 16.5 Å². The average molecular weight is 216 g/mol. The molecule has 0 aliphatic heterocycles. The normalized spacial score (nSPS) is 13.3. The van der Waals surface area contributed by atoms with Gasteiger partial charge in [0, 0.05) is 16.6 Å². The molecule has 0 saturated heterocycles. The zero-order valence-corrected chi connectivity index (χ0v) is 9.40. The van der Waals surface area contributed by atoms with Gasteiger partial charge in [0.05, 0.1) is 0 Å². The maximum absolute atomic E-state index is 13.5. The van der Waals surface area contributed by atoms with Gasteiger partial charge in [0.1, 0.15) is 5.82 Å². The second kappa shape index (κ2) is 4.76. The van der Waals surface area contributed by atoms with Gasteiger partial charge in [-0.15, -0.1) is 0 Å². The van der Waals surface area contributed by atoms with Crippen molar-refractivity contribution in [2.24, 2.45) is 5.92 Å². The zero-order valence-electron chi connectivity index (χ0n) is 8.64. The van der Waals surface area contributed by atoms with E-state index in [4.69, 9.17) is 11.6 Å². The molecule has 1 rings (SSSR count). The van der Waals surface area contributed by atoms with E-state index >= 15 is 0 Å². The molecule has 14 heavy (non-hydrogen) atoms. The monoisotopic (exact) mass is 215 g/mol. The predicted molar refractivity (Wildman–Crippen MR) is 58.0 cm³/mol. The summed E-state index contributed by atoms with van der Waals surface area (Å²) in [5.41, 5.74) is 0.562. The SMILES string of the molecule is CNC(c1c(F)cccc1Cl)C(C)C. The lowest BCUT2D eigenvalue weighted by Crippen LogP contribution is -2.23. The molecule has 0 aliphatic carbocycles. The van der Waals surface area contributed by atoms with Crippen LogP contribution in [-0.2, 0) is 0 Å². The smallest absolute Gasteiger partial charge is 0.129 e. The summed E-state index contributed by atoms with van der Waals surface area (Å²) < 4.78 is 13.5. The number of benzene rings is 1. The lowest BCUT2D eigenvalue weighted by Gasteiger charge is -2.22. The Labute approximate surface area is 89.3 Å². The van der Waals surface area contributed by atoms with Crippen LogP contribution in [0.1, 0.15) is 25.5 Å². The molecule has 0 heterocycles. The summed E-state index contributed by atoms with van der Waals surface area (Å²) in [4.78, 5) is 0. The number of nitrogens with one attached hydrogen (secondary N) is 1. The van der Waals surface area contributed by atoms with Crippen LogP contribution in [0.5, 0.6) is 0 Å². The summed E-state index contributed by atoms with van der Waals surface area (Å²) in [6.45, 7) is 4.06. The van der Waals surface area contributed by atoms with E-state index in [1.165, 1.54) is 6.07 Å². The molecule has 0 radical (unpaired) electrons. The van der Waals surface area contributed by atoms with Gasteiger partial charge in [-0.2, -0.15) is 0 Å². The first-order valence-corrected chi connectivity index (χ1v) is 5.07. The predicted octanol–water partition coefficient (Wildman–Crippen LogP) is 3.40. The highest BCUT2D eigenvalue weighted by Crippen LogP contribution is 2.29. The Kier molecular flexibility index (Phi) is 3.90. The molecule has 1 aromatic carbocycles. The second-order valence-electron chi connectivity index (χ2n) is 3.65. The summed E-state index contributed by atoms with van der Waals surface area (Å²) in [7, 11) is 1.81. The fourth-order valence-electron chi connectivity index (χ4n) is 1.62. The van der Waals surface area contributed by atoms with Crippen LogP contribution < -0.4 is 5.32 Å². The molecule has 0 aromatic heterocycles. The molecule has 0 saturated carbocycles. The Morgan fingerprint density at radius 3 is 2.43 bits per heavy atom. The lowest BCUT2D eigenvalue weighted by atomic mass is 9.96. The molecule has 1 aromatic rings. The summed E-state index contributed by atoms with van der Waals surface area (Å²) in [5, 5.41) is 3.56. The van der Waals surface area contributed by atoms with Gasteiger partial charge in [-0.05, 0) is 25.1 Å². The molecule has 0 bridgehead atoms. The van der Waals surface area contributed by atoms with Crippen LogP contribution in [-0.4, -0.2) is 7.05 Å². The van der Waals surface area contributed by atoms with Crippen LogP contribution in [0.15, 0.2) is 18.2 Å². The van der Waals surface area contributed by atoms with Crippen LogP contribution in [0, 0.1) is 11.7 Å². The van der Waals surface area contributed by atoms with Crippen molar-refractivity contribution < 1.29 is 4.39 Å². The Bertz CT molecular complexity index is 292. The third kappa shape index (κ3) is 2.25. The van der Waals surface area contributed by atoms with E-state index < -0.39 is 0 Å². The summed E-state index contributed by atoms with van der Waals surface area (Å²) in [5.74, 6) is 0.0555. The van der Waals surface area contributed by atoms with Gasteiger partial charge >= 0.3 is 0 Å². The zero-order chi connectivity index (χ0) is 10.7. The van der Waals surface area contributed by atoms with E-state index in [1.807, 2.05) is 20.9 Å². The van der Waals surface area contributed by atoms with E-state index in [1.54, 1.807) is 12.1 Å². The van der Waals surface area contributed by atoms with Gasteiger partial charge in [0.25, 0.3) is 0 Å². The highest BCUT2D eigenvalue weighted by molar-refractivity contribution is 6.31. The minimum absolute atomic E-state index is 0.0382. The van der Waals surface area contributed by atoms with Gasteiger partial charge in [-0.1, -0.05) is 31.5 Å². The Morgan fingerprint density at radius 1 is 1.36 bits per heavy atom. The third-order valence-corrected chi connectivity index (χ3v) is 2.62. The van der Waals surface area contributed by atoms with Crippen molar-refractivity contribution in [1.29, 1.82) is 0 Å². The Balaban J connectivity index is 3.15. The quantitative estimate of drug-likeness (QED) is 0.815.